The van der Waals surface area contributed by atoms with E-state index >= 15 is 0 Å². The molecule has 0 aliphatic rings. The van der Waals surface area contributed by atoms with Crippen LogP contribution in [0.5, 0.6) is 11.5 Å². The molecule has 0 fully saturated rings. The molecule has 0 unspecified atom stereocenters. The molecule has 33 heavy (non-hydrogen) atoms. The Morgan fingerprint density at radius 3 is 2.27 bits per heavy atom. The number of carbonyl (C=O) groups excluding carboxylic acids is 2. The van der Waals surface area contributed by atoms with Gasteiger partial charge < -0.3 is 20.1 Å². The fourth-order valence-electron chi connectivity index (χ4n) is 3.10. The Balaban J connectivity index is 1.60. The summed E-state index contributed by atoms with van der Waals surface area (Å²) in [6.07, 6.45) is 0. The summed E-state index contributed by atoms with van der Waals surface area (Å²) in [6, 6.07) is 19.4. The second kappa shape index (κ2) is 10.4. The highest BCUT2D eigenvalue weighted by Crippen LogP contribution is 2.29. The van der Waals surface area contributed by atoms with Crippen molar-refractivity contribution in [3.63, 3.8) is 0 Å². The first-order valence-corrected chi connectivity index (χ1v) is 10.8. The molecule has 0 aliphatic heterocycles. The first-order valence-electron chi connectivity index (χ1n) is 10.4. The molecule has 0 spiro atoms. The van der Waals surface area contributed by atoms with Gasteiger partial charge in [-0.1, -0.05) is 56.6 Å². The molecular formula is C26H27ClN2O4. The van der Waals surface area contributed by atoms with Crippen LogP contribution in [0.25, 0.3) is 0 Å². The second-order valence-corrected chi connectivity index (χ2v) is 8.87. The van der Waals surface area contributed by atoms with Crippen molar-refractivity contribution >= 4 is 34.8 Å². The van der Waals surface area contributed by atoms with Gasteiger partial charge in [-0.2, -0.15) is 0 Å². The molecular weight excluding hydrogens is 440 g/mol. The SMILES string of the molecule is COc1cc(NC(=O)COc2ccc(C(C)(C)C)cc2)ccc1NC(=O)c1ccccc1Cl. The van der Waals surface area contributed by atoms with E-state index in [-0.39, 0.29) is 23.8 Å². The topological polar surface area (TPSA) is 76.7 Å². The number of hydrogen-bond donors (Lipinski definition) is 2. The largest absolute Gasteiger partial charge is 0.494 e. The lowest BCUT2D eigenvalue weighted by atomic mass is 9.87. The number of rotatable bonds is 7. The Morgan fingerprint density at radius 1 is 0.939 bits per heavy atom. The maximum absolute atomic E-state index is 12.5. The molecule has 0 atom stereocenters. The zero-order valence-electron chi connectivity index (χ0n) is 19.1. The monoisotopic (exact) mass is 466 g/mol. The smallest absolute Gasteiger partial charge is 0.262 e. The Kier molecular flexibility index (Phi) is 7.61. The minimum Gasteiger partial charge on any atom is -0.494 e. The lowest BCUT2D eigenvalue weighted by Crippen LogP contribution is -2.20. The Morgan fingerprint density at radius 2 is 1.64 bits per heavy atom. The van der Waals surface area contributed by atoms with Crippen LogP contribution >= 0.6 is 11.6 Å². The standard InChI is InChI=1S/C26H27ClN2O4/c1-26(2,3)17-9-12-19(13-10-17)33-16-24(30)28-18-11-14-22(23(15-18)32-4)29-25(31)20-7-5-6-8-21(20)27/h5-15H,16H2,1-4H3,(H,28,30)(H,29,31). The average molecular weight is 467 g/mol. The molecule has 0 aromatic heterocycles. The molecule has 172 valence electrons. The molecule has 0 radical (unpaired) electrons. The summed E-state index contributed by atoms with van der Waals surface area (Å²) in [6.45, 7) is 6.27. The first kappa shape index (κ1) is 24.1. The number of ether oxygens (including phenoxy) is 2. The molecule has 3 aromatic rings. The fraction of sp³-hybridized carbons (Fsp3) is 0.231. The van der Waals surface area contributed by atoms with E-state index in [0.717, 1.165) is 0 Å². The van der Waals surface area contributed by atoms with Crippen molar-refractivity contribution in [1.82, 2.24) is 0 Å². The van der Waals surface area contributed by atoms with Gasteiger partial charge in [0, 0.05) is 11.8 Å². The van der Waals surface area contributed by atoms with E-state index in [4.69, 9.17) is 21.1 Å². The van der Waals surface area contributed by atoms with Gasteiger partial charge in [0.1, 0.15) is 11.5 Å². The third-order valence-electron chi connectivity index (χ3n) is 4.94. The minimum atomic E-state index is -0.360. The van der Waals surface area contributed by atoms with Crippen molar-refractivity contribution < 1.29 is 19.1 Å². The van der Waals surface area contributed by atoms with Crippen LogP contribution in [0.4, 0.5) is 11.4 Å². The molecule has 0 bridgehead atoms. The van der Waals surface area contributed by atoms with E-state index in [1.165, 1.54) is 12.7 Å². The molecule has 2 amide bonds. The summed E-state index contributed by atoms with van der Waals surface area (Å²) in [4.78, 5) is 24.9. The van der Waals surface area contributed by atoms with Crippen molar-refractivity contribution in [2.24, 2.45) is 0 Å². The van der Waals surface area contributed by atoms with Crippen LogP contribution in [0.1, 0.15) is 36.7 Å². The maximum Gasteiger partial charge on any atom is 0.262 e. The molecule has 3 aromatic carbocycles. The molecule has 7 heteroatoms. The lowest BCUT2D eigenvalue weighted by Gasteiger charge is -2.19. The number of anilines is 2. The van der Waals surface area contributed by atoms with E-state index in [0.29, 0.717) is 33.5 Å². The quantitative estimate of drug-likeness (QED) is 0.453. The molecule has 3 rings (SSSR count). The van der Waals surface area contributed by atoms with Crippen LogP contribution in [0.15, 0.2) is 66.7 Å². The highest BCUT2D eigenvalue weighted by molar-refractivity contribution is 6.34. The van der Waals surface area contributed by atoms with Gasteiger partial charge in [-0.15, -0.1) is 0 Å². The lowest BCUT2D eigenvalue weighted by molar-refractivity contribution is -0.118. The number of hydrogen-bond acceptors (Lipinski definition) is 4. The number of nitrogens with one attached hydrogen (secondary N) is 2. The molecule has 0 saturated carbocycles. The predicted molar refractivity (Wildman–Crippen MR) is 132 cm³/mol. The van der Waals surface area contributed by atoms with Gasteiger partial charge in [-0.3, -0.25) is 9.59 Å². The third-order valence-corrected chi connectivity index (χ3v) is 5.27. The molecule has 0 aliphatic carbocycles. The number of methoxy groups -OCH3 is 1. The molecule has 2 N–H and O–H groups in total. The number of benzene rings is 3. The van der Waals surface area contributed by atoms with E-state index in [2.05, 4.69) is 31.4 Å². The summed E-state index contributed by atoms with van der Waals surface area (Å²) in [7, 11) is 1.48. The van der Waals surface area contributed by atoms with Gasteiger partial charge in [0.2, 0.25) is 0 Å². The third kappa shape index (κ3) is 6.49. The molecule has 6 nitrogen and oxygen atoms in total. The zero-order valence-corrected chi connectivity index (χ0v) is 19.8. The summed E-state index contributed by atoms with van der Waals surface area (Å²) in [5.41, 5.74) is 2.56. The summed E-state index contributed by atoms with van der Waals surface area (Å²) in [5, 5.41) is 5.89. The van der Waals surface area contributed by atoms with Crippen LogP contribution in [-0.2, 0) is 10.2 Å². The normalized spacial score (nSPS) is 10.9. The van der Waals surface area contributed by atoms with Crippen molar-refractivity contribution in [2.75, 3.05) is 24.4 Å². The Hall–Kier alpha value is -3.51. The minimum absolute atomic E-state index is 0.0496. The van der Waals surface area contributed by atoms with E-state index in [1.54, 1.807) is 42.5 Å². The van der Waals surface area contributed by atoms with Gasteiger partial charge in [0.15, 0.2) is 6.61 Å². The van der Waals surface area contributed by atoms with Crippen molar-refractivity contribution in [1.29, 1.82) is 0 Å². The predicted octanol–water partition coefficient (Wildman–Crippen LogP) is 5.92. The maximum atomic E-state index is 12.5. The van der Waals surface area contributed by atoms with E-state index in [9.17, 15) is 9.59 Å². The van der Waals surface area contributed by atoms with Gasteiger partial charge in [-0.05, 0) is 47.4 Å². The van der Waals surface area contributed by atoms with Gasteiger partial charge >= 0.3 is 0 Å². The fourth-order valence-corrected chi connectivity index (χ4v) is 3.33. The van der Waals surface area contributed by atoms with Gasteiger partial charge in [-0.25, -0.2) is 0 Å². The second-order valence-electron chi connectivity index (χ2n) is 8.46. The number of carbonyl (C=O) groups is 2. The van der Waals surface area contributed by atoms with Crippen LogP contribution < -0.4 is 20.1 Å². The summed E-state index contributed by atoms with van der Waals surface area (Å²) < 4.78 is 11.0. The Labute approximate surface area is 198 Å². The van der Waals surface area contributed by atoms with Gasteiger partial charge in [0.25, 0.3) is 11.8 Å². The van der Waals surface area contributed by atoms with Crippen molar-refractivity contribution in [3.8, 4) is 11.5 Å². The van der Waals surface area contributed by atoms with Crippen molar-refractivity contribution in [2.45, 2.75) is 26.2 Å². The average Bonchev–Trinajstić information content (AvgIpc) is 2.78. The van der Waals surface area contributed by atoms with Crippen LogP contribution in [0.3, 0.4) is 0 Å². The van der Waals surface area contributed by atoms with Crippen molar-refractivity contribution in [3.05, 3.63) is 82.9 Å². The number of halogens is 1. The number of amides is 2. The summed E-state index contributed by atoms with van der Waals surface area (Å²) in [5.74, 6) is 0.339. The summed E-state index contributed by atoms with van der Waals surface area (Å²) >= 11 is 6.09. The molecule has 0 saturated heterocycles. The van der Waals surface area contributed by atoms with Gasteiger partial charge in [0.05, 0.1) is 23.4 Å². The highest BCUT2D eigenvalue weighted by atomic mass is 35.5. The zero-order chi connectivity index (χ0) is 24.0. The highest BCUT2D eigenvalue weighted by Gasteiger charge is 2.15. The molecule has 0 heterocycles. The Bertz CT molecular complexity index is 1140. The first-order chi connectivity index (χ1) is 15.7. The van der Waals surface area contributed by atoms with E-state index < -0.39 is 0 Å². The van der Waals surface area contributed by atoms with E-state index in [1.807, 2.05) is 24.3 Å². The van der Waals surface area contributed by atoms with Crippen LogP contribution in [0.2, 0.25) is 5.02 Å². The van der Waals surface area contributed by atoms with Crippen LogP contribution in [0, 0.1) is 0 Å². The van der Waals surface area contributed by atoms with Crippen LogP contribution in [-0.4, -0.2) is 25.5 Å².